The molecule has 2 aromatic carbocycles. The molecule has 2 aromatic rings. The van der Waals surface area contributed by atoms with E-state index in [-0.39, 0.29) is 32.2 Å². The highest BCUT2D eigenvalue weighted by Crippen LogP contribution is 2.31. The number of halogens is 1. The van der Waals surface area contributed by atoms with Crippen LogP contribution in [0.15, 0.2) is 48.6 Å². The van der Waals surface area contributed by atoms with Crippen molar-refractivity contribution in [3.05, 3.63) is 59.9 Å². The topological polar surface area (TPSA) is 85.2 Å². The molecule has 216 valence electrons. The molecule has 0 aliphatic rings. The quantitative estimate of drug-likeness (QED) is 0.117. The predicted octanol–water partition coefficient (Wildman–Crippen LogP) is 6.65. The summed E-state index contributed by atoms with van der Waals surface area (Å²) in [5, 5.41) is 19.2. The first-order valence-corrected chi connectivity index (χ1v) is 14.0. The van der Waals surface area contributed by atoms with Gasteiger partial charge in [-0.15, -0.1) is 0 Å². The van der Waals surface area contributed by atoms with Crippen LogP contribution in [0, 0.1) is 11.2 Å². The molecule has 0 atom stereocenters. The van der Waals surface area contributed by atoms with E-state index in [2.05, 4.69) is 13.5 Å². The van der Waals surface area contributed by atoms with Gasteiger partial charge in [0.25, 0.3) is 0 Å². The van der Waals surface area contributed by atoms with E-state index in [9.17, 15) is 19.4 Å². The Morgan fingerprint density at radius 3 is 2.18 bits per heavy atom. The van der Waals surface area contributed by atoms with Crippen LogP contribution in [0.4, 0.5) is 4.39 Å². The molecule has 0 spiro atoms. The lowest BCUT2D eigenvalue weighted by Crippen LogP contribution is -2.33. The van der Waals surface area contributed by atoms with E-state index >= 15 is 0 Å². The predicted molar refractivity (Wildman–Crippen MR) is 153 cm³/mol. The van der Waals surface area contributed by atoms with Crippen LogP contribution in [-0.2, 0) is 16.0 Å². The number of esters is 1. The van der Waals surface area contributed by atoms with E-state index in [4.69, 9.17) is 14.2 Å². The molecule has 0 aromatic heterocycles. The minimum Gasteiger partial charge on any atom is -0.493 e. The van der Waals surface area contributed by atoms with Crippen molar-refractivity contribution in [2.24, 2.45) is 5.41 Å². The third kappa shape index (κ3) is 11.0. The summed E-state index contributed by atoms with van der Waals surface area (Å²) in [6.07, 6.45) is 7.95. The van der Waals surface area contributed by atoms with Gasteiger partial charge in [0.1, 0.15) is 5.75 Å². The fourth-order valence-electron chi connectivity index (χ4n) is 3.90. The van der Waals surface area contributed by atoms with Crippen LogP contribution in [0.2, 0.25) is 0 Å². The zero-order chi connectivity index (χ0) is 28.7. The molecule has 0 radical (unpaired) electrons. The van der Waals surface area contributed by atoms with Gasteiger partial charge in [0.15, 0.2) is 11.6 Å². The van der Waals surface area contributed by atoms with Crippen LogP contribution in [0.3, 0.4) is 0 Å². The van der Waals surface area contributed by atoms with Gasteiger partial charge < -0.3 is 24.4 Å². The van der Waals surface area contributed by atoms with Crippen molar-refractivity contribution in [2.45, 2.75) is 72.1 Å². The second-order valence-corrected chi connectivity index (χ2v) is 10.5. The van der Waals surface area contributed by atoms with Crippen molar-refractivity contribution in [1.29, 1.82) is 0 Å². The minimum atomic E-state index is -0.790. The highest BCUT2D eigenvalue weighted by atomic mass is 19.1. The number of aliphatic hydroxyl groups excluding tert-OH is 2. The van der Waals surface area contributed by atoms with Gasteiger partial charge in [0, 0.05) is 11.0 Å². The molecule has 0 heterocycles. The Kier molecular flexibility index (Phi) is 14.0. The third-order valence-corrected chi connectivity index (χ3v) is 6.59. The lowest BCUT2D eigenvalue weighted by molar-refractivity contribution is -0.139. The van der Waals surface area contributed by atoms with Gasteiger partial charge in [-0.2, -0.15) is 0 Å². The second-order valence-electron chi connectivity index (χ2n) is 10.5. The van der Waals surface area contributed by atoms with Crippen LogP contribution in [0.5, 0.6) is 11.5 Å². The van der Waals surface area contributed by atoms with Crippen molar-refractivity contribution < 1.29 is 33.6 Å². The summed E-state index contributed by atoms with van der Waals surface area (Å²) in [5.41, 5.74) is 1.92. The first kappa shape index (κ1) is 32.3. The molecular weight excluding hydrogens is 499 g/mol. The summed E-state index contributed by atoms with van der Waals surface area (Å²) in [4.78, 5) is 11.7. The number of carbonyl (C=O) groups excluding carboxylic acids is 1. The molecule has 0 bridgehead atoms. The largest absolute Gasteiger partial charge is 0.493 e. The maximum Gasteiger partial charge on any atom is 0.333 e. The Morgan fingerprint density at radius 2 is 1.54 bits per heavy atom. The Bertz CT molecular complexity index is 1050. The number of unbranched alkanes of at least 4 members (excludes halogenated alkanes) is 5. The van der Waals surface area contributed by atoms with Crippen LogP contribution in [0.1, 0.15) is 71.3 Å². The lowest BCUT2D eigenvalue weighted by atomic mass is 9.94. The van der Waals surface area contributed by atoms with Gasteiger partial charge in [-0.25, -0.2) is 9.18 Å². The molecule has 39 heavy (non-hydrogen) atoms. The van der Waals surface area contributed by atoms with E-state index < -0.39 is 17.2 Å². The molecule has 0 saturated heterocycles. The monoisotopic (exact) mass is 544 g/mol. The third-order valence-electron chi connectivity index (χ3n) is 6.59. The number of rotatable bonds is 19. The normalized spacial score (nSPS) is 11.3. The summed E-state index contributed by atoms with van der Waals surface area (Å²) in [5.74, 6) is 0.00135. The molecular formula is C32H45FO6. The highest BCUT2D eigenvalue weighted by molar-refractivity contribution is 5.86. The molecule has 0 unspecified atom stereocenters. The highest BCUT2D eigenvalue weighted by Gasteiger charge is 2.24. The lowest BCUT2D eigenvalue weighted by Gasteiger charge is -2.25. The number of hydrogen-bond acceptors (Lipinski definition) is 6. The van der Waals surface area contributed by atoms with E-state index in [0.29, 0.717) is 36.3 Å². The van der Waals surface area contributed by atoms with E-state index in [0.717, 1.165) is 24.0 Å². The van der Waals surface area contributed by atoms with Crippen LogP contribution in [-0.4, -0.2) is 49.2 Å². The SMILES string of the molecule is C=C(C)C(=O)OCCCc1cc(-c2ccc(OCCCCCCCC)c(F)c2)ccc1OCC(C)(CO)CO. The number of aryl methyl sites for hydroxylation is 1. The zero-order valence-electron chi connectivity index (χ0n) is 23.8. The molecule has 0 aliphatic carbocycles. The van der Waals surface area contributed by atoms with E-state index in [1.165, 1.54) is 31.7 Å². The number of ether oxygens (including phenoxy) is 3. The number of hydrogen-bond donors (Lipinski definition) is 2. The van der Waals surface area contributed by atoms with Crippen molar-refractivity contribution in [2.75, 3.05) is 33.0 Å². The molecule has 0 amide bonds. The van der Waals surface area contributed by atoms with Crippen molar-refractivity contribution in [3.8, 4) is 22.6 Å². The van der Waals surface area contributed by atoms with Crippen molar-refractivity contribution >= 4 is 5.97 Å². The molecule has 0 saturated carbocycles. The minimum absolute atomic E-state index is 0.121. The summed E-state index contributed by atoms with van der Waals surface area (Å²) in [6, 6.07) is 10.6. The summed E-state index contributed by atoms with van der Waals surface area (Å²) in [6.45, 7) is 9.50. The van der Waals surface area contributed by atoms with Gasteiger partial charge in [-0.05, 0) is 67.1 Å². The van der Waals surface area contributed by atoms with Gasteiger partial charge in [-0.3, -0.25) is 0 Å². The summed E-state index contributed by atoms with van der Waals surface area (Å²) in [7, 11) is 0. The summed E-state index contributed by atoms with van der Waals surface area (Å²) < 4.78 is 31.7. The van der Waals surface area contributed by atoms with Crippen LogP contribution >= 0.6 is 0 Å². The average Bonchev–Trinajstić information content (AvgIpc) is 2.94. The number of aliphatic hydroxyl groups is 2. The van der Waals surface area contributed by atoms with Crippen LogP contribution < -0.4 is 9.47 Å². The molecule has 7 heteroatoms. The second kappa shape index (κ2) is 16.9. The Labute approximate surface area is 232 Å². The van der Waals surface area contributed by atoms with Gasteiger partial charge in [-0.1, -0.05) is 64.7 Å². The number of benzene rings is 2. The van der Waals surface area contributed by atoms with E-state index in [1.54, 1.807) is 26.0 Å². The molecule has 6 nitrogen and oxygen atoms in total. The Balaban J connectivity index is 2.11. The molecule has 2 rings (SSSR count). The smallest absolute Gasteiger partial charge is 0.333 e. The maximum atomic E-state index is 14.9. The van der Waals surface area contributed by atoms with Crippen LogP contribution in [0.25, 0.3) is 11.1 Å². The first-order chi connectivity index (χ1) is 18.7. The number of carbonyl (C=O) groups is 1. The van der Waals surface area contributed by atoms with Crippen molar-refractivity contribution in [1.82, 2.24) is 0 Å². The molecule has 0 aliphatic heterocycles. The Hall–Kier alpha value is -2.90. The summed E-state index contributed by atoms with van der Waals surface area (Å²) >= 11 is 0. The maximum absolute atomic E-state index is 14.9. The molecule has 0 fully saturated rings. The van der Waals surface area contributed by atoms with Gasteiger partial charge >= 0.3 is 5.97 Å². The fourth-order valence-corrected chi connectivity index (χ4v) is 3.90. The fraction of sp³-hybridized carbons (Fsp3) is 0.531. The zero-order valence-corrected chi connectivity index (χ0v) is 23.8. The van der Waals surface area contributed by atoms with Gasteiger partial charge in [0.2, 0.25) is 0 Å². The first-order valence-electron chi connectivity index (χ1n) is 14.0. The standard InChI is InChI=1S/C32H45FO6/c1-5-6-7-8-9-10-17-37-30-16-14-26(20-28(30)33)25-13-15-29(39-23-32(4,21-34)22-35)27(19-25)12-11-18-38-31(36)24(2)3/h13-16,19-20,34-35H,2,5-12,17-18,21-23H2,1,3-4H3. The Morgan fingerprint density at radius 1 is 0.897 bits per heavy atom. The van der Waals surface area contributed by atoms with Crippen molar-refractivity contribution in [3.63, 3.8) is 0 Å². The van der Waals surface area contributed by atoms with Gasteiger partial charge in [0.05, 0.1) is 33.0 Å². The molecule has 2 N–H and O–H groups in total. The average molecular weight is 545 g/mol. The van der Waals surface area contributed by atoms with E-state index in [1.807, 2.05) is 18.2 Å².